The normalized spacial score (nSPS) is 33.0. The molecule has 28 heteroatoms. The van der Waals surface area contributed by atoms with Crippen LogP contribution in [0.4, 0.5) is 75.0 Å². The van der Waals surface area contributed by atoms with E-state index in [1.165, 1.54) is 30.3 Å². The van der Waals surface area contributed by atoms with E-state index >= 15 is 0 Å². The van der Waals surface area contributed by atoms with Gasteiger partial charge in [-0.05, 0) is 218 Å². The van der Waals surface area contributed by atoms with Crippen LogP contribution in [0.25, 0.3) is 0 Å². The van der Waals surface area contributed by atoms with Crippen molar-refractivity contribution in [3.8, 4) is 11.5 Å². The van der Waals surface area contributed by atoms with Crippen molar-refractivity contribution in [3.63, 3.8) is 0 Å². The number of carbonyl (C=O) groups excluding carboxylic acids is 2. The summed E-state index contributed by atoms with van der Waals surface area (Å²) in [5.74, 6) is -15.4. The summed E-state index contributed by atoms with van der Waals surface area (Å²) in [4.78, 5) is 23.8. The zero-order chi connectivity index (χ0) is 83.6. The van der Waals surface area contributed by atoms with Crippen LogP contribution in [-0.2, 0) is 35.7 Å². The predicted octanol–water partition coefficient (Wildman–Crippen LogP) is 23.5. The molecule has 9 nitrogen and oxygen atoms in total. The van der Waals surface area contributed by atoms with E-state index in [1.807, 2.05) is 27.7 Å². The molecule has 113 heavy (non-hydrogen) atoms. The van der Waals surface area contributed by atoms with Gasteiger partial charge in [-0.15, -0.1) is 0 Å². The number of hydrogen-bond acceptors (Lipinski definition) is 9. The van der Waals surface area contributed by atoms with Crippen LogP contribution in [0.1, 0.15) is 319 Å². The van der Waals surface area contributed by atoms with Crippen LogP contribution in [-0.4, -0.2) is 99.7 Å². The summed E-state index contributed by atoms with van der Waals surface area (Å²) < 4.78 is 254. The van der Waals surface area contributed by atoms with Crippen LogP contribution in [0.2, 0.25) is 0 Å². The molecule has 15 aliphatic carbocycles. The molecule has 0 saturated heterocycles. The topological polar surface area (TPSA) is 121 Å². The number of rotatable bonds is 28. The Morgan fingerprint density at radius 3 is 1.19 bits per heavy atom. The Morgan fingerprint density at radius 1 is 0.434 bits per heavy atom. The minimum Gasteiger partial charge on any atom is -1.00 e. The fourth-order valence-electron chi connectivity index (χ4n) is 19.5. The molecule has 11 fully saturated rings. The van der Waals surface area contributed by atoms with Crippen molar-refractivity contribution < 1.29 is 149 Å². The molecular weight excluding hydrogens is 1590 g/mol. The maximum absolute atomic E-state index is 14.9. The number of alkyl halides is 10. The fourth-order valence-corrected chi connectivity index (χ4v) is 19.9. The van der Waals surface area contributed by atoms with E-state index in [0.29, 0.717) is 62.4 Å². The molecule has 0 amide bonds. The number of allylic oxidation sites excluding steroid dienone is 2. The van der Waals surface area contributed by atoms with Gasteiger partial charge in [0.25, 0.3) is 17.8 Å². The van der Waals surface area contributed by atoms with Crippen LogP contribution in [0.15, 0.2) is 48.1 Å². The number of esters is 2. The smallest absolute Gasteiger partial charge is 1.00 e. The Morgan fingerprint density at radius 2 is 0.796 bits per heavy atom. The summed E-state index contributed by atoms with van der Waals surface area (Å²) in [5, 5.41) is 19.9. The third kappa shape index (κ3) is 21.5. The van der Waals surface area contributed by atoms with E-state index in [2.05, 4.69) is 36.7 Å². The average molecular weight is 1710 g/mol. The summed E-state index contributed by atoms with van der Waals surface area (Å²) in [7, 11) is 0. The van der Waals surface area contributed by atoms with Gasteiger partial charge in [-0.2, -0.15) is 8.78 Å². The second kappa shape index (κ2) is 42.2. The maximum atomic E-state index is 14.9. The molecule has 17 rings (SSSR count). The van der Waals surface area contributed by atoms with Crippen LogP contribution < -0.4 is 39.0 Å². The van der Waals surface area contributed by atoms with Crippen molar-refractivity contribution in [1.29, 1.82) is 0 Å². The second-order valence-electron chi connectivity index (χ2n) is 33.3. The molecule has 2 N–H and O–H groups in total. The first kappa shape index (κ1) is 100. The molecule has 0 aromatic heterocycles. The zero-order valence-corrected chi connectivity index (χ0v) is 71.5. The first-order valence-corrected chi connectivity index (χ1v) is 42.2. The van der Waals surface area contributed by atoms with Gasteiger partial charge >= 0.3 is 41.5 Å². The summed E-state index contributed by atoms with van der Waals surface area (Å²) in [6.45, 7) is 17.2. The van der Waals surface area contributed by atoms with Crippen molar-refractivity contribution in [2.45, 2.75) is 383 Å². The maximum Gasteiger partial charge on any atom is 1.00 e. The van der Waals surface area contributed by atoms with Gasteiger partial charge in [-0.3, -0.25) is 9.59 Å². The van der Waals surface area contributed by atoms with E-state index < -0.39 is 116 Å². The Labute approximate surface area is 690 Å². The molecule has 2 aromatic rings. The molecule has 15 aliphatic rings. The number of benzene rings is 2. The summed E-state index contributed by atoms with van der Waals surface area (Å²) in [6.07, 6.45) is 17.6. The van der Waals surface area contributed by atoms with Gasteiger partial charge in [0.1, 0.15) is 34.1 Å². The molecule has 3 atom stereocenters. The van der Waals surface area contributed by atoms with E-state index in [0.717, 1.165) is 109 Å². The van der Waals surface area contributed by atoms with Gasteiger partial charge < -0.3 is 35.3 Å². The standard InChI is InChI=1S/C20H25F5O2.C17H27F3O2.C17H27FO2.C11H17F3O.C11H17FO.C9H9BrF2O.F2.Na.H/c1-3-7-18-8-10-19(11-9-18,17(23)20(18,24)25)27-12-13-5-6-14(26-4-2)16(22)15(13)21;1-3-5-6-7-13(21)22-16-11-9-15(8-4-2,10-12-16)17(19,20)14(16)18;1-3-5-6-7-15(19)20-17-11-9-16(8-4-2,10-12-17)14(18)13-17;1-2-3-9-4-6-10(15,7-5-9)8(12)11(9,13)14;1-2-3-10-4-6-11(13,7-5-10)8-9(10)12;1-2-13-7-4-3-6(5-10)8(11)9(7)12;1-2;;/h5-6,17H,3-4,7-12H2,1-2H3;14H,3-12H2,1-2H3;13H,3-12H2,1-2H3;8,15H,2-7H2,1H3;8,13H,2-7H2,1H3;3-4H,2,5H2,1H3;;;/q;;;;;;;+1;-1. The molecule has 2 aromatic carbocycles. The number of hydrogen-bond donors (Lipinski definition) is 2. The number of unbranched alkanes of at least 4 members (excludes halogenated alkanes) is 4. The number of halogens is 18. The monoisotopic (exact) mass is 1710 g/mol. The summed E-state index contributed by atoms with van der Waals surface area (Å²) in [6, 6.07) is 5.46. The van der Waals surface area contributed by atoms with Crippen LogP contribution in [0.5, 0.6) is 11.5 Å². The number of carbonyl (C=O) groups is 2. The Bertz CT molecular complexity index is 3380. The fraction of sp³-hybridized carbons (Fsp3) is 0.788. The van der Waals surface area contributed by atoms with Crippen molar-refractivity contribution in [1.82, 2.24) is 0 Å². The molecule has 0 radical (unpaired) electrons. The van der Waals surface area contributed by atoms with Gasteiger partial charge in [0.15, 0.2) is 35.5 Å². The SMILES string of the molecule is CCCC12CCC(O)(C=C1F)CC2.CCCC12CCC(O)(CC1)C(F)C2(F)F.CCCC12CCC(OCc3ccc(OCC)c(F)c3F)(CC1)C(F)C2(F)F.CCCCCC(=O)OC12C=C(F)C(CCC)(CC1)CC2.CCCCCC(=O)OC12CCC(CCC)(CC1)C(F)(F)C2F.CCOc1ccc(CBr)c(F)c1F.FF.[H-].[Na+]. The zero-order valence-electron chi connectivity index (χ0n) is 69.0. The third-order valence-electron chi connectivity index (χ3n) is 26.3. The van der Waals surface area contributed by atoms with E-state index in [-0.39, 0.29) is 173 Å². The second-order valence-corrected chi connectivity index (χ2v) is 33.9. The number of fused-ring (bicyclic) bond motifs is 13. The molecule has 3 unspecified atom stereocenters. The van der Waals surface area contributed by atoms with Gasteiger partial charge in [0, 0.05) is 65.5 Å². The van der Waals surface area contributed by atoms with E-state index in [4.69, 9.17) is 32.8 Å². The van der Waals surface area contributed by atoms with Gasteiger partial charge in [0.05, 0.1) is 25.4 Å². The molecular formula is C85H123BrF17NaO9. The van der Waals surface area contributed by atoms with Crippen LogP contribution in [0.3, 0.4) is 0 Å². The average Bonchev–Trinajstić information content (AvgIpc) is 0.712. The molecule has 0 heterocycles. The number of aliphatic hydroxyl groups is 2. The molecule has 10 bridgehead atoms. The summed E-state index contributed by atoms with van der Waals surface area (Å²) in [5.41, 5.74) is -10.5. The number of ether oxygens (including phenoxy) is 5. The molecule has 0 aliphatic heterocycles. The van der Waals surface area contributed by atoms with Gasteiger partial charge in [0.2, 0.25) is 17.8 Å². The van der Waals surface area contributed by atoms with Gasteiger partial charge in [-0.25, -0.2) is 57.1 Å². The van der Waals surface area contributed by atoms with Crippen molar-refractivity contribution in [3.05, 3.63) is 82.5 Å². The van der Waals surface area contributed by atoms with Crippen molar-refractivity contribution >= 4 is 27.9 Å². The van der Waals surface area contributed by atoms with E-state index in [1.54, 1.807) is 19.9 Å². The van der Waals surface area contributed by atoms with Crippen molar-refractivity contribution in [2.24, 2.45) is 27.1 Å². The largest absolute Gasteiger partial charge is 1.00 e. The third-order valence-corrected chi connectivity index (χ3v) is 26.9. The first-order valence-electron chi connectivity index (χ1n) is 41.1. The predicted molar refractivity (Wildman–Crippen MR) is 401 cm³/mol. The Kier molecular flexibility index (Phi) is 37.4. The van der Waals surface area contributed by atoms with Crippen LogP contribution >= 0.6 is 15.9 Å². The minimum atomic E-state index is -3.48. The molecule has 11 saturated carbocycles. The van der Waals surface area contributed by atoms with Gasteiger partial charge in [-0.1, -0.05) is 128 Å². The molecule has 0 spiro atoms. The van der Waals surface area contributed by atoms with Crippen molar-refractivity contribution in [2.75, 3.05) is 13.2 Å². The quantitative estimate of drug-likeness (QED) is 0.0282. The van der Waals surface area contributed by atoms with E-state index in [9.17, 15) is 85.7 Å². The Balaban J connectivity index is 0.000000291. The first-order chi connectivity index (χ1) is 52.8. The Hall–Kier alpha value is -3.37. The van der Waals surface area contributed by atoms with Crippen LogP contribution in [0, 0.1) is 50.3 Å². The molecule has 644 valence electrons. The minimum absolute atomic E-state index is 0. The summed E-state index contributed by atoms with van der Waals surface area (Å²) >= 11 is 3.06.